The highest BCUT2D eigenvalue weighted by Gasteiger charge is 2.14. The summed E-state index contributed by atoms with van der Waals surface area (Å²) < 4.78 is 3.79. The number of halogens is 1. The van der Waals surface area contributed by atoms with Crippen LogP contribution in [0.2, 0.25) is 0 Å². The van der Waals surface area contributed by atoms with Gasteiger partial charge in [-0.3, -0.25) is 4.79 Å². The summed E-state index contributed by atoms with van der Waals surface area (Å²) in [5, 5.41) is 6.80. The van der Waals surface area contributed by atoms with Gasteiger partial charge in [-0.1, -0.05) is 34.3 Å². The van der Waals surface area contributed by atoms with Crippen LogP contribution >= 0.6 is 27.5 Å². The highest BCUT2D eigenvalue weighted by atomic mass is 79.9. The van der Waals surface area contributed by atoms with E-state index < -0.39 is 0 Å². The molecule has 0 aromatic carbocycles. The highest BCUT2D eigenvalue weighted by Crippen LogP contribution is 2.11. The van der Waals surface area contributed by atoms with Crippen molar-refractivity contribution in [3.05, 3.63) is 10.6 Å². The number of aryl methyl sites for hydroxylation is 1. The van der Waals surface area contributed by atoms with Crippen LogP contribution in [0, 0.1) is 0 Å². The zero-order valence-corrected chi connectivity index (χ0v) is 11.9. The Morgan fingerprint density at radius 2 is 2.31 bits per heavy atom. The standard InChI is InChI=1S/C10H16BrN3OS/c1-3-7(11)5-6-12-10(15)9-8(4-2)13-14-16-9/h7H,3-6H2,1-2H3,(H,12,15). The van der Waals surface area contributed by atoms with Gasteiger partial charge in [0.15, 0.2) is 0 Å². The van der Waals surface area contributed by atoms with Crippen molar-refractivity contribution < 1.29 is 4.79 Å². The van der Waals surface area contributed by atoms with E-state index in [-0.39, 0.29) is 5.91 Å². The van der Waals surface area contributed by atoms with Gasteiger partial charge in [0.1, 0.15) is 4.88 Å². The minimum atomic E-state index is -0.0531. The number of alkyl halides is 1. The molecule has 1 heterocycles. The Balaban J connectivity index is 2.41. The van der Waals surface area contributed by atoms with Crippen LogP contribution in [-0.4, -0.2) is 26.9 Å². The first-order valence-corrected chi connectivity index (χ1v) is 7.11. The Kier molecular flexibility index (Phi) is 5.90. The van der Waals surface area contributed by atoms with E-state index in [4.69, 9.17) is 0 Å². The molecule has 0 radical (unpaired) electrons. The summed E-state index contributed by atoms with van der Waals surface area (Å²) in [5.41, 5.74) is 0.786. The number of carbonyl (C=O) groups is 1. The molecule has 16 heavy (non-hydrogen) atoms. The van der Waals surface area contributed by atoms with Gasteiger partial charge in [-0.2, -0.15) is 0 Å². The van der Waals surface area contributed by atoms with E-state index in [1.54, 1.807) is 0 Å². The van der Waals surface area contributed by atoms with Crippen LogP contribution in [0.4, 0.5) is 0 Å². The molecule has 0 aliphatic heterocycles. The van der Waals surface area contributed by atoms with Gasteiger partial charge in [-0.25, -0.2) is 0 Å². The van der Waals surface area contributed by atoms with Crippen LogP contribution in [0.3, 0.4) is 0 Å². The fourth-order valence-corrected chi connectivity index (χ4v) is 2.13. The molecule has 1 atom stereocenters. The first-order valence-electron chi connectivity index (χ1n) is 5.42. The number of carbonyl (C=O) groups excluding carboxylic acids is 1. The number of hydrogen-bond donors (Lipinski definition) is 1. The predicted molar refractivity (Wildman–Crippen MR) is 69.2 cm³/mol. The maximum absolute atomic E-state index is 11.8. The van der Waals surface area contributed by atoms with Gasteiger partial charge in [-0.05, 0) is 30.8 Å². The molecule has 0 spiro atoms. The highest BCUT2D eigenvalue weighted by molar-refractivity contribution is 9.09. The molecule has 0 aliphatic carbocycles. The minimum Gasteiger partial charge on any atom is -0.351 e. The van der Waals surface area contributed by atoms with Crippen LogP contribution in [0.15, 0.2) is 0 Å². The van der Waals surface area contributed by atoms with E-state index in [0.717, 1.165) is 36.5 Å². The molecule has 4 nitrogen and oxygen atoms in total. The van der Waals surface area contributed by atoms with Crippen molar-refractivity contribution in [3.8, 4) is 0 Å². The number of nitrogens with zero attached hydrogens (tertiary/aromatic N) is 2. The summed E-state index contributed by atoms with van der Waals surface area (Å²) in [7, 11) is 0. The molecule has 1 aromatic heterocycles. The van der Waals surface area contributed by atoms with Gasteiger partial charge in [0.2, 0.25) is 0 Å². The molecular weight excluding hydrogens is 290 g/mol. The molecule has 1 rings (SSSR count). The molecule has 1 N–H and O–H groups in total. The third kappa shape index (κ3) is 3.83. The average molecular weight is 306 g/mol. The lowest BCUT2D eigenvalue weighted by Crippen LogP contribution is -2.26. The Bertz CT molecular complexity index is 343. The monoisotopic (exact) mass is 305 g/mol. The van der Waals surface area contributed by atoms with Crippen LogP contribution in [0.1, 0.15) is 42.1 Å². The zero-order chi connectivity index (χ0) is 12.0. The molecule has 1 amide bonds. The van der Waals surface area contributed by atoms with E-state index in [2.05, 4.69) is 37.8 Å². The average Bonchev–Trinajstić information content (AvgIpc) is 2.76. The Morgan fingerprint density at radius 1 is 1.56 bits per heavy atom. The second kappa shape index (κ2) is 6.96. The van der Waals surface area contributed by atoms with Crippen molar-refractivity contribution in [1.82, 2.24) is 14.9 Å². The lowest BCUT2D eigenvalue weighted by atomic mass is 10.2. The normalized spacial score (nSPS) is 12.4. The van der Waals surface area contributed by atoms with E-state index in [1.165, 1.54) is 0 Å². The van der Waals surface area contributed by atoms with Gasteiger partial charge in [-0.15, -0.1) is 5.10 Å². The third-order valence-electron chi connectivity index (χ3n) is 2.28. The van der Waals surface area contributed by atoms with E-state index >= 15 is 0 Å². The quantitative estimate of drug-likeness (QED) is 0.821. The largest absolute Gasteiger partial charge is 0.351 e. The number of hydrogen-bond acceptors (Lipinski definition) is 4. The van der Waals surface area contributed by atoms with Gasteiger partial charge < -0.3 is 5.32 Å². The van der Waals surface area contributed by atoms with E-state index in [9.17, 15) is 4.79 Å². The van der Waals surface area contributed by atoms with Crippen molar-refractivity contribution in [2.24, 2.45) is 0 Å². The molecule has 0 bridgehead atoms. The fourth-order valence-electron chi connectivity index (χ4n) is 1.24. The molecule has 90 valence electrons. The third-order valence-corrected chi connectivity index (χ3v) is 4.16. The summed E-state index contributed by atoms with van der Waals surface area (Å²) in [5.74, 6) is -0.0531. The number of aromatic nitrogens is 2. The maximum atomic E-state index is 11.8. The van der Waals surface area contributed by atoms with Crippen molar-refractivity contribution in [1.29, 1.82) is 0 Å². The second-order valence-electron chi connectivity index (χ2n) is 3.45. The predicted octanol–water partition coefficient (Wildman–Crippen LogP) is 2.39. The fraction of sp³-hybridized carbons (Fsp3) is 0.700. The molecule has 1 aromatic rings. The second-order valence-corrected chi connectivity index (χ2v) is 5.50. The lowest BCUT2D eigenvalue weighted by Gasteiger charge is -2.07. The van der Waals surface area contributed by atoms with Gasteiger partial charge in [0.05, 0.1) is 5.69 Å². The molecule has 0 saturated heterocycles. The maximum Gasteiger partial charge on any atom is 0.264 e. The first kappa shape index (κ1) is 13.6. The topological polar surface area (TPSA) is 54.9 Å². The SMILES string of the molecule is CCc1nnsc1C(=O)NCCC(Br)CC. The summed E-state index contributed by atoms with van der Waals surface area (Å²) in [6.45, 7) is 4.77. The van der Waals surface area contributed by atoms with Crippen LogP contribution < -0.4 is 5.32 Å². The molecule has 0 saturated carbocycles. The van der Waals surface area contributed by atoms with E-state index in [0.29, 0.717) is 16.2 Å². The Hall–Kier alpha value is -0.490. The van der Waals surface area contributed by atoms with Gasteiger partial charge in [0, 0.05) is 11.4 Å². The van der Waals surface area contributed by atoms with Crippen molar-refractivity contribution in [2.45, 2.75) is 37.9 Å². The molecule has 6 heteroatoms. The molecule has 0 fully saturated rings. The summed E-state index contributed by atoms with van der Waals surface area (Å²) in [6.07, 6.45) is 2.75. The molecule has 0 aliphatic rings. The van der Waals surface area contributed by atoms with Crippen molar-refractivity contribution >= 4 is 33.4 Å². The van der Waals surface area contributed by atoms with Crippen LogP contribution in [-0.2, 0) is 6.42 Å². The summed E-state index contributed by atoms with van der Waals surface area (Å²) >= 11 is 4.69. The molecular formula is C10H16BrN3OS. The minimum absolute atomic E-state index is 0.0531. The van der Waals surface area contributed by atoms with Gasteiger partial charge in [0.25, 0.3) is 5.91 Å². The number of rotatable bonds is 6. The van der Waals surface area contributed by atoms with Crippen LogP contribution in [0.25, 0.3) is 0 Å². The number of nitrogens with one attached hydrogen (secondary N) is 1. The van der Waals surface area contributed by atoms with Crippen molar-refractivity contribution in [2.75, 3.05) is 6.54 Å². The van der Waals surface area contributed by atoms with Crippen LogP contribution in [0.5, 0.6) is 0 Å². The smallest absolute Gasteiger partial charge is 0.264 e. The molecule has 1 unspecified atom stereocenters. The van der Waals surface area contributed by atoms with E-state index in [1.807, 2.05) is 6.92 Å². The summed E-state index contributed by atoms with van der Waals surface area (Å²) in [4.78, 5) is 12.9. The summed E-state index contributed by atoms with van der Waals surface area (Å²) in [6, 6.07) is 0. The Morgan fingerprint density at radius 3 is 2.94 bits per heavy atom. The van der Waals surface area contributed by atoms with Crippen molar-refractivity contribution in [3.63, 3.8) is 0 Å². The lowest BCUT2D eigenvalue weighted by molar-refractivity contribution is 0.0956. The first-order chi connectivity index (χ1) is 7.69. The van der Waals surface area contributed by atoms with Gasteiger partial charge >= 0.3 is 0 Å². The number of amides is 1. The Labute approximate surface area is 108 Å². The zero-order valence-electron chi connectivity index (χ0n) is 9.49.